The number of nitrogens with two attached hydrogens (primary N) is 1. The van der Waals surface area contributed by atoms with E-state index in [1.54, 1.807) is 18.2 Å². The minimum atomic E-state index is -3.30. The van der Waals surface area contributed by atoms with Gasteiger partial charge in [-0.2, -0.15) is 0 Å². The summed E-state index contributed by atoms with van der Waals surface area (Å²) in [7, 11) is -3.30. The second kappa shape index (κ2) is 6.23. The van der Waals surface area contributed by atoms with Crippen LogP contribution in [0.15, 0.2) is 23.1 Å². The van der Waals surface area contributed by atoms with Crippen LogP contribution in [0.4, 0.5) is 0 Å². The number of sulfone groups is 1. The van der Waals surface area contributed by atoms with Crippen LogP contribution in [0.2, 0.25) is 0 Å². The molecule has 1 heterocycles. The van der Waals surface area contributed by atoms with E-state index < -0.39 is 9.84 Å². The van der Waals surface area contributed by atoms with Crippen molar-refractivity contribution in [1.82, 2.24) is 0 Å². The third-order valence-electron chi connectivity index (χ3n) is 3.69. The molecule has 1 aromatic carbocycles. The van der Waals surface area contributed by atoms with Crippen LogP contribution in [-0.4, -0.2) is 33.9 Å². The van der Waals surface area contributed by atoms with Crippen molar-refractivity contribution in [2.24, 2.45) is 11.1 Å². The third kappa shape index (κ3) is 4.11. The first-order valence-corrected chi connectivity index (χ1v) is 8.82. The Hall–Kier alpha value is -1.27. The fraction of sp³-hybridized carbons (Fsp3) is 0.600. The Morgan fingerprint density at radius 1 is 1.19 bits per heavy atom. The van der Waals surface area contributed by atoms with Gasteiger partial charge in [0.15, 0.2) is 21.3 Å². The summed E-state index contributed by atoms with van der Waals surface area (Å²) >= 11 is 0. The van der Waals surface area contributed by atoms with E-state index in [1.807, 2.05) is 13.8 Å². The van der Waals surface area contributed by atoms with Crippen LogP contribution < -0.4 is 15.2 Å². The summed E-state index contributed by atoms with van der Waals surface area (Å²) in [5, 5.41) is 0. The van der Waals surface area contributed by atoms with Crippen LogP contribution in [0, 0.1) is 5.41 Å². The van der Waals surface area contributed by atoms with Gasteiger partial charge in [-0.3, -0.25) is 0 Å². The summed E-state index contributed by atoms with van der Waals surface area (Å²) < 4.78 is 35.6. The molecule has 0 spiro atoms. The van der Waals surface area contributed by atoms with E-state index in [0.717, 1.165) is 6.42 Å². The SMILES string of the molecule is CC(C)(CN)CCCS(=O)(=O)c1ccc2c(c1)OCCO2. The zero-order valence-electron chi connectivity index (χ0n) is 12.6. The predicted molar refractivity (Wildman–Crippen MR) is 81.6 cm³/mol. The van der Waals surface area contributed by atoms with Crippen LogP contribution >= 0.6 is 0 Å². The maximum Gasteiger partial charge on any atom is 0.178 e. The predicted octanol–water partition coefficient (Wildman–Crippen LogP) is 2.00. The Labute approximate surface area is 126 Å². The highest BCUT2D eigenvalue weighted by molar-refractivity contribution is 7.91. The van der Waals surface area contributed by atoms with Gasteiger partial charge in [-0.05, 0) is 36.9 Å². The van der Waals surface area contributed by atoms with Crippen LogP contribution in [0.25, 0.3) is 0 Å². The van der Waals surface area contributed by atoms with Crippen molar-refractivity contribution < 1.29 is 17.9 Å². The van der Waals surface area contributed by atoms with Crippen LogP contribution in [-0.2, 0) is 9.84 Å². The number of ether oxygens (including phenoxy) is 2. The molecule has 0 aromatic heterocycles. The molecule has 0 amide bonds. The molecule has 0 bridgehead atoms. The number of rotatable bonds is 6. The standard InChI is InChI=1S/C15H23NO4S/c1-15(2,11-16)6-3-9-21(17,18)12-4-5-13-14(10-12)20-8-7-19-13/h4-5,10H,3,6-9,11,16H2,1-2H3. The number of benzene rings is 1. The Kier molecular flexibility index (Phi) is 4.78. The van der Waals surface area contributed by atoms with Crippen molar-refractivity contribution in [3.8, 4) is 11.5 Å². The number of hydrogen-bond acceptors (Lipinski definition) is 5. The molecule has 21 heavy (non-hydrogen) atoms. The van der Waals surface area contributed by atoms with E-state index in [1.165, 1.54) is 0 Å². The molecule has 5 nitrogen and oxygen atoms in total. The summed E-state index contributed by atoms with van der Waals surface area (Å²) in [6.45, 7) is 5.58. The lowest BCUT2D eigenvalue weighted by atomic mass is 9.88. The van der Waals surface area contributed by atoms with Gasteiger partial charge in [0.2, 0.25) is 0 Å². The fourth-order valence-electron chi connectivity index (χ4n) is 2.18. The molecule has 2 rings (SSSR count). The van der Waals surface area contributed by atoms with Crippen LogP contribution in [0.3, 0.4) is 0 Å². The number of hydrogen-bond donors (Lipinski definition) is 1. The first-order valence-electron chi connectivity index (χ1n) is 7.17. The zero-order chi connectivity index (χ0) is 15.5. The summed E-state index contributed by atoms with van der Waals surface area (Å²) in [6, 6.07) is 4.79. The molecule has 118 valence electrons. The average molecular weight is 313 g/mol. The van der Waals surface area contributed by atoms with Gasteiger partial charge >= 0.3 is 0 Å². The highest BCUT2D eigenvalue weighted by atomic mass is 32.2. The maximum atomic E-state index is 12.4. The highest BCUT2D eigenvalue weighted by Crippen LogP contribution is 2.33. The van der Waals surface area contributed by atoms with Gasteiger partial charge in [0.05, 0.1) is 10.6 Å². The molecular weight excluding hydrogens is 290 g/mol. The molecule has 0 fully saturated rings. The molecule has 0 saturated carbocycles. The monoisotopic (exact) mass is 313 g/mol. The van der Waals surface area contributed by atoms with Gasteiger partial charge in [0.1, 0.15) is 13.2 Å². The van der Waals surface area contributed by atoms with Crippen molar-refractivity contribution in [3.63, 3.8) is 0 Å². The van der Waals surface area contributed by atoms with Crippen molar-refractivity contribution in [1.29, 1.82) is 0 Å². The number of fused-ring (bicyclic) bond motifs is 1. The lowest BCUT2D eigenvalue weighted by Gasteiger charge is -2.22. The second-order valence-corrected chi connectivity index (χ2v) is 8.21. The quantitative estimate of drug-likeness (QED) is 0.869. The van der Waals surface area contributed by atoms with Crippen LogP contribution in [0.5, 0.6) is 11.5 Å². The van der Waals surface area contributed by atoms with Crippen molar-refractivity contribution in [2.75, 3.05) is 25.5 Å². The third-order valence-corrected chi connectivity index (χ3v) is 5.49. The van der Waals surface area contributed by atoms with Crippen molar-refractivity contribution in [2.45, 2.75) is 31.6 Å². The molecule has 0 saturated heterocycles. The van der Waals surface area contributed by atoms with E-state index in [2.05, 4.69) is 0 Å². The van der Waals surface area contributed by atoms with Gasteiger partial charge in [0.25, 0.3) is 0 Å². The molecule has 1 aliphatic heterocycles. The molecular formula is C15H23NO4S. The summed E-state index contributed by atoms with van der Waals surface area (Å²) in [5.74, 6) is 1.23. The van der Waals surface area contributed by atoms with E-state index >= 15 is 0 Å². The maximum absolute atomic E-state index is 12.4. The van der Waals surface area contributed by atoms with E-state index in [0.29, 0.717) is 37.7 Å². The Balaban J connectivity index is 2.06. The lowest BCUT2D eigenvalue weighted by molar-refractivity contribution is 0.171. The smallest absolute Gasteiger partial charge is 0.178 e. The molecule has 2 N–H and O–H groups in total. The normalized spacial score (nSPS) is 15.0. The molecule has 0 radical (unpaired) electrons. The first-order chi connectivity index (χ1) is 9.84. The first kappa shape index (κ1) is 16.1. The van der Waals surface area contributed by atoms with Gasteiger partial charge in [-0.25, -0.2) is 8.42 Å². The Morgan fingerprint density at radius 3 is 2.52 bits per heavy atom. The minimum Gasteiger partial charge on any atom is -0.486 e. The van der Waals surface area contributed by atoms with Gasteiger partial charge in [-0.1, -0.05) is 13.8 Å². The fourth-order valence-corrected chi connectivity index (χ4v) is 3.50. The van der Waals surface area contributed by atoms with Crippen molar-refractivity contribution >= 4 is 9.84 Å². The molecule has 1 aliphatic rings. The lowest BCUT2D eigenvalue weighted by Crippen LogP contribution is -2.24. The van der Waals surface area contributed by atoms with Gasteiger partial charge < -0.3 is 15.2 Å². The molecule has 1 aromatic rings. The van der Waals surface area contributed by atoms with Gasteiger partial charge in [0, 0.05) is 6.07 Å². The summed E-state index contributed by atoms with van der Waals surface area (Å²) in [5.41, 5.74) is 5.64. The topological polar surface area (TPSA) is 78.6 Å². The summed E-state index contributed by atoms with van der Waals surface area (Å²) in [6.07, 6.45) is 1.38. The van der Waals surface area contributed by atoms with Crippen molar-refractivity contribution in [3.05, 3.63) is 18.2 Å². The van der Waals surface area contributed by atoms with E-state index in [9.17, 15) is 8.42 Å². The molecule has 0 unspecified atom stereocenters. The van der Waals surface area contributed by atoms with Gasteiger partial charge in [-0.15, -0.1) is 0 Å². The summed E-state index contributed by atoms with van der Waals surface area (Å²) in [4.78, 5) is 0.289. The zero-order valence-corrected chi connectivity index (χ0v) is 13.4. The van der Waals surface area contributed by atoms with Crippen LogP contribution in [0.1, 0.15) is 26.7 Å². The highest BCUT2D eigenvalue weighted by Gasteiger charge is 2.21. The minimum absolute atomic E-state index is 0.0255. The molecule has 6 heteroatoms. The Bertz CT molecular complexity index is 596. The Morgan fingerprint density at radius 2 is 1.86 bits per heavy atom. The second-order valence-electron chi connectivity index (χ2n) is 6.10. The molecule has 0 aliphatic carbocycles. The largest absolute Gasteiger partial charge is 0.486 e. The average Bonchev–Trinajstić information content (AvgIpc) is 2.46. The molecule has 0 atom stereocenters. The van der Waals surface area contributed by atoms with E-state index in [-0.39, 0.29) is 16.1 Å². The van der Waals surface area contributed by atoms with E-state index in [4.69, 9.17) is 15.2 Å².